The van der Waals surface area contributed by atoms with E-state index in [0.29, 0.717) is 47.2 Å². The maximum Gasteiger partial charge on any atom is 0.251 e. The number of halogens is 2. The van der Waals surface area contributed by atoms with Crippen LogP contribution in [0.3, 0.4) is 0 Å². The van der Waals surface area contributed by atoms with Crippen molar-refractivity contribution in [2.24, 2.45) is 0 Å². The molecule has 0 saturated heterocycles. The summed E-state index contributed by atoms with van der Waals surface area (Å²) in [6.45, 7) is 0. The highest BCUT2D eigenvalue weighted by atomic mass is 35.5. The highest BCUT2D eigenvalue weighted by Gasteiger charge is 2.49. The number of pyridine rings is 1. The Labute approximate surface area is 190 Å². The minimum absolute atomic E-state index is 0.000140. The summed E-state index contributed by atoms with van der Waals surface area (Å²) >= 11 is 12.1. The van der Waals surface area contributed by atoms with Crippen molar-refractivity contribution in [2.45, 2.75) is 62.5 Å². The zero-order chi connectivity index (χ0) is 21.6. The minimum Gasteiger partial charge on any atom is -0.473 e. The van der Waals surface area contributed by atoms with Crippen LogP contribution in [0.5, 0.6) is 5.88 Å². The molecule has 2 amide bonds. The van der Waals surface area contributed by atoms with Crippen LogP contribution < -0.4 is 15.4 Å². The molecule has 0 bridgehead atoms. The number of carbonyl (C=O) groups excluding carboxylic acids is 2. The summed E-state index contributed by atoms with van der Waals surface area (Å²) in [6, 6.07) is 7.40. The van der Waals surface area contributed by atoms with Crippen LogP contribution in [0.1, 0.15) is 60.9 Å². The summed E-state index contributed by atoms with van der Waals surface area (Å²) < 4.78 is 5.99. The third-order valence-electron chi connectivity index (χ3n) is 6.76. The van der Waals surface area contributed by atoms with Gasteiger partial charge in [0.1, 0.15) is 11.1 Å². The molecule has 6 nitrogen and oxygen atoms in total. The van der Waals surface area contributed by atoms with Crippen LogP contribution in [-0.4, -0.2) is 28.9 Å². The van der Waals surface area contributed by atoms with Crippen LogP contribution in [0, 0.1) is 0 Å². The molecule has 0 unspecified atom stereocenters. The van der Waals surface area contributed by atoms with Crippen LogP contribution in [-0.2, 0) is 10.2 Å². The molecule has 2 saturated carbocycles. The Kier molecular flexibility index (Phi) is 5.30. The second-order valence-electron chi connectivity index (χ2n) is 8.66. The number of hydrogen-bond acceptors (Lipinski definition) is 4. The van der Waals surface area contributed by atoms with Gasteiger partial charge in [0.15, 0.2) is 0 Å². The first kappa shape index (κ1) is 20.6. The van der Waals surface area contributed by atoms with E-state index in [2.05, 4.69) is 15.6 Å². The lowest BCUT2D eigenvalue weighted by Gasteiger charge is -2.35. The van der Waals surface area contributed by atoms with E-state index >= 15 is 0 Å². The predicted molar refractivity (Wildman–Crippen MR) is 119 cm³/mol. The fraction of sp³-hybridized carbons (Fsp3) is 0.435. The number of anilines is 1. The second-order valence-corrected chi connectivity index (χ2v) is 9.50. The number of hydrogen-bond donors (Lipinski definition) is 2. The van der Waals surface area contributed by atoms with Crippen LogP contribution in [0.2, 0.25) is 10.0 Å². The lowest BCUT2D eigenvalue weighted by molar-refractivity contribution is -0.122. The van der Waals surface area contributed by atoms with Crippen molar-refractivity contribution in [3.63, 3.8) is 0 Å². The quantitative estimate of drug-likeness (QED) is 0.682. The van der Waals surface area contributed by atoms with Crippen LogP contribution in [0.25, 0.3) is 0 Å². The molecule has 2 heterocycles. The van der Waals surface area contributed by atoms with Gasteiger partial charge in [-0.2, -0.15) is 0 Å². The number of nitrogens with one attached hydrogen (secondary N) is 2. The Morgan fingerprint density at radius 1 is 1.16 bits per heavy atom. The molecule has 162 valence electrons. The van der Waals surface area contributed by atoms with E-state index in [1.165, 1.54) is 6.20 Å². The van der Waals surface area contributed by atoms with Crippen LogP contribution in [0.4, 0.5) is 5.69 Å². The average Bonchev–Trinajstić information content (AvgIpc) is 2.99. The van der Waals surface area contributed by atoms with Gasteiger partial charge in [0.05, 0.1) is 10.4 Å². The maximum absolute atomic E-state index is 13.0. The van der Waals surface area contributed by atoms with Crippen molar-refractivity contribution in [1.29, 1.82) is 0 Å². The topological polar surface area (TPSA) is 80.3 Å². The summed E-state index contributed by atoms with van der Waals surface area (Å²) in [5.74, 6) is 0.292. The molecule has 1 spiro atoms. The fourth-order valence-electron chi connectivity index (χ4n) is 4.72. The molecule has 2 N–H and O–H groups in total. The lowest BCUT2D eigenvalue weighted by Crippen LogP contribution is -2.41. The molecule has 3 aliphatic rings. The third kappa shape index (κ3) is 3.76. The Balaban J connectivity index is 1.32. The van der Waals surface area contributed by atoms with Crippen molar-refractivity contribution in [2.75, 3.05) is 5.32 Å². The van der Waals surface area contributed by atoms with Crippen molar-refractivity contribution in [3.05, 3.63) is 51.6 Å². The van der Waals surface area contributed by atoms with Gasteiger partial charge in [-0.1, -0.05) is 23.2 Å². The molecule has 5 rings (SSSR count). The zero-order valence-corrected chi connectivity index (χ0v) is 18.4. The third-order valence-corrected chi connectivity index (χ3v) is 7.24. The minimum atomic E-state index is -0.626. The molecule has 1 aliphatic heterocycles. The van der Waals surface area contributed by atoms with Crippen molar-refractivity contribution in [1.82, 2.24) is 10.3 Å². The van der Waals surface area contributed by atoms with E-state index in [1.54, 1.807) is 12.1 Å². The number of nitrogens with zero attached hydrogens (tertiary/aromatic N) is 1. The lowest BCUT2D eigenvalue weighted by atomic mass is 9.69. The molecular weight excluding hydrogens is 437 g/mol. The standard InChI is InChI=1S/C23H23Cl2N3O3/c24-14-11-18(25)21(26-12-14)31-16-6-8-23(9-7-16)17-10-13(4-5-19(17)28-22(23)30)20(29)27-15-2-1-3-15/h4-5,10-12,15-16H,1-3,6-9H2,(H,27,29)(H,28,30). The Hall–Kier alpha value is -2.31. The first-order valence-corrected chi connectivity index (χ1v) is 11.4. The van der Waals surface area contributed by atoms with E-state index in [9.17, 15) is 9.59 Å². The molecule has 8 heteroatoms. The average molecular weight is 460 g/mol. The van der Waals surface area contributed by atoms with Gasteiger partial charge >= 0.3 is 0 Å². The first-order valence-electron chi connectivity index (χ1n) is 10.7. The normalized spacial score (nSPS) is 25.0. The van der Waals surface area contributed by atoms with Crippen LogP contribution >= 0.6 is 23.2 Å². The van der Waals surface area contributed by atoms with E-state index < -0.39 is 5.41 Å². The maximum atomic E-state index is 13.0. The largest absolute Gasteiger partial charge is 0.473 e. The zero-order valence-electron chi connectivity index (χ0n) is 16.9. The molecule has 1 aromatic carbocycles. The van der Waals surface area contributed by atoms with Gasteiger partial charge in [-0.15, -0.1) is 0 Å². The molecule has 2 fully saturated rings. The van der Waals surface area contributed by atoms with Crippen molar-refractivity contribution < 1.29 is 14.3 Å². The molecule has 2 aromatic rings. The van der Waals surface area contributed by atoms with Gasteiger partial charge in [-0.05, 0) is 74.8 Å². The first-order chi connectivity index (χ1) is 14.9. The number of fused-ring (bicyclic) bond motifs is 2. The second kappa shape index (κ2) is 7.99. The smallest absolute Gasteiger partial charge is 0.251 e. The molecule has 0 atom stereocenters. The fourth-order valence-corrected chi connectivity index (χ4v) is 5.15. The van der Waals surface area contributed by atoms with Crippen molar-refractivity contribution >= 4 is 40.7 Å². The van der Waals surface area contributed by atoms with Gasteiger partial charge in [0.2, 0.25) is 11.8 Å². The molecule has 1 aromatic heterocycles. The number of ether oxygens (including phenoxy) is 1. The highest BCUT2D eigenvalue weighted by molar-refractivity contribution is 6.35. The molecule has 2 aliphatic carbocycles. The SMILES string of the molecule is O=C(NC1CCC1)c1ccc2c(c1)C1(CCC(Oc3ncc(Cl)cc3Cl)CC1)C(=O)N2. The van der Waals surface area contributed by atoms with Gasteiger partial charge < -0.3 is 15.4 Å². The molecule has 31 heavy (non-hydrogen) atoms. The Morgan fingerprint density at radius 2 is 1.94 bits per heavy atom. The predicted octanol–water partition coefficient (Wildman–Crippen LogP) is 4.88. The highest BCUT2D eigenvalue weighted by Crippen LogP contribution is 2.48. The number of benzene rings is 1. The van der Waals surface area contributed by atoms with E-state index in [-0.39, 0.29) is 24.0 Å². The van der Waals surface area contributed by atoms with E-state index in [1.807, 2.05) is 12.1 Å². The summed E-state index contributed by atoms with van der Waals surface area (Å²) in [5, 5.41) is 6.91. The van der Waals surface area contributed by atoms with Gasteiger partial charge in [-0.3, -0.25) is 9.59 Å². The molecular formula is C23H23Cl2N3O3. The van der Waals surface area contributed by atoms with E-state index in [0.717, 1.165) is 30.5 Å². The Bertz CT molecular complexity index is 1050. The van der Waals surface area contributed by atoms with E-state index in [4.69, 9.17) is 27.9 Å². The number of aromatic nitrogens is 1. The Morgan fingerprint density at radius 3 is 2.61 bits per heavy atom. The number of amides is 2. The van der Waals surface area contributed by atoms with Gasteiger partial charge in [0.25, 0.3) is 5.91 Å². The van der Waals surface area contributed by atoms with Gasteiger partial charge in [-0.25, -0.2) is 4.98 Å². The summed E-state index contributed by atoms with van der Waals surface area (Å²) in [6.07, 6.45) is 7.30. The summed E-state index contributed by atoms with van der Waals surface area (Å²) in [5.41, 5.74) is 1.70. The number of carbonyl (C=O) groups is 2. The molecule has 0 radical (unpaired) electrons. The van der Waals surface area contributed by atoms with Crippen LogP contribution in [0.15, 0.2) is 30.5 Å². The van der Waals surface area contributed by atoms with Gasteiger partial charge in [0, 0.05) is 23.5 Å². The summed E-state index contributed by atoms with van der Waals surface area (Å²) in [4.78, 5) is 29.8. The number of rotatable bonds is 4. The monoisotopic (exact) mass is 459 g/mol. The summed E-state index contributed by atoms with van der Waals surface area (Å²) in [7, 11) is 0. The van der Waals surface area contributed by atoms with Crippen molar-refractivity contribution in [3.8, 4) is 5.88 Å².